The van der Waals surface area contributed by atoms with E-state index in [1.165, 1.54) is 18.3 Å². The lowest BCUT2D eigenvalue weighted by atomic mass is 9.94. The van der Waals surface area contributed by atoms with Crippen LogP contribution < -0.4 is 5.56 Å². The molecule has 1 amide bonds. The summed E-state index contributed by atoms with van der Waals surface area (Å²) in [5, 5.41) is 0. The highest BCUT2D eigenvalue weighted by Gasteiger charge is 2.28. The Kier molecular flexibility index (Phi) is 4.74. The summed E-state index contributed by atoms with van der Waals surface area (Å²) in [6.07, 6.45) is 4.30. The van der Waals surface area contributed by atoms with Crippen LogP contribution in [0.15, 0.2) is 35.3 Å². The molecule has 1 aliphatic rings. The molecule has 5 nitrogen and oxygen atoms in total. The molecule has 24 heavy (non-hydrogen) atoms. The number of hydrogen-bond donors (Lipinski definition) is 1. The number of rotatable bonds is 3. The summed E-state index contributed by atoms with van der Waals surface area (Å²) < 4.78 is 13.1. The SMILES string of the molecule is Cc1ncc(CC(=O)N2CCCC[C@H]2c2ccc(F)cc2)c(=O)[nH]1. The van der Waals surface area contributed by atoms with Gasteiger partial charge in [0.1, 0.15) is 11.6 Å². The lowest BCUT2D eigenvalue weighted by Gasteiger charge is -2.36. The molecule has 1 aromatic heterocycles. The van der Waals surface area contributed by atoms with E-state index >= 15 is 0 Å². The minimum Gasteiger partial charge on any atom is -0.335 e. The molecule has 1 N–H and O–H groups in total. The first-order chi connectivity index (χ1) is 11.5. The van der Waals surface area contributed by atoms with E-state index in [0.29, 0.717) is 17.9 Å². The minimum atomic E-state index is -0.287. The Hall–Kier alpha value is -2.50. The molecule has 0 aliphatic carbocycles. The number of halogens is 1. The van der Waals surface area contributed by atoms with Gasteiger partial charge in [0.15, 0.2) is 0 Å². The predicted molar refractivity (Wildman–Crippen MR) is 88.0 cm³/mol. The molecule has 0 unspecified atom stereocenters. The number of aryl methyl sites for hydroxylation is 1. The first-order valence-corrected chi connectivity index (χ1v) is 8.14. The van der Waals surface area contributed by atoms with Gasteiger partial charge in [-0.3, -0.25) is 9.59 Å². The van der Waals surface area contributed by atoms with Crippen LogP contribution in [0.5, 0.6) is 0 Å². The van der Waals surface area contributed by atoms with Crippen LogP contribution in [0.1, 0.15) is 42.3 Å². The van der Waals surface area contributed by atoms with E-state index in [0.717, 1.165) is 24.8 Å². The van der Waals surface area contributed by atoms with Crippen LogP contribution in [-0.2, 0) is 11.2 Å². The molecule has 2 heterocycles. The molecule has 0 saturated carbocycles. The Bertz CT molecular complexity index is 786. The van der Waals surface area contributed by atoms with Gasteiger partial charge in [-0.2, -0.15) is 0 Å². The van der Waals surface area contributed by atoms with Crippen molar-refractivity contribution in [2.24, 2.45) is 0 Å². The lowest BCUT2D eigenvalue weighted by Crippen LogP contribution is -2.40. The molecule has 1 atom stereocenters. The van der Waals surface area contributed by atoms with Crippen molar-refractivity contribution >= 4 is 5.91 Å². The molecule has 1 aliphatic heterocycles. The molecule has 1 saturated heterocycles. The average Bonchev–Trinajstić information content (AvgIpc) is 2.58. The number of nitrogens with one attached hydrogen (secondary N) is 1. The number of H-pyrrole nitrogens is 1. The highest BCUT2D eigenvalue weighted by molar-refractivity contribution is 5.79. The highest BCUT2D eigenvalue weighted by atomic mass is 19.1. The quantitative estimate of drug-likeness (QED) is 0.941. The van der Waals surface area contributed by atoms with Crippen molar-refractivity contribution in [2.75, 3.05) is 6.54 Å². The second-order valence-corrected chi connectivity index (χ2v) is 6.15. The van der Waals surface area contributed by atoms with Crippen molar-refractivity contribution in [2.45, 2.75) is 38.6 Å². The average molecular weight is 329 g/mol. The molecule has 3 rings (SSSR count). The Balaban J connectivity index is 1.80. The van der Waals surface area contributed by atoms with Gasteiger partial charge in [-0.25, -0.2) is 9.37 Å². The van der Waals surface area contributed by atoms with E-state index in [4.69, 9.17) is 0 Å². The first-order valence-electron chi connectivity index (χ1n) is 8.14. The summed E-state index contributed by atoms with van der Waals surface area (Å²) in [5.74, 6) is 0.142. The van der Waals surface area contributed by atoms with E-state index in [-0.39, 0.29) is 29.7 Å². The van der Waals surface area contributed by atoms with E-state index in [2.05, 4.69) is 9.97 Å². The van der Waals surface area contributed by atoms with Gasteiger partial charge in [-0.1, -0.05) is 12.1 Å². The third kappa shape index (κ3) is 3.53. The summed E-state index contributed by atoms with van der Waals surface area (Å²) in [6, 6.07) is 6.23. The summed E-state index contributed by atoms with van der Waals surface area (Å²) in [6.45, 7) is 2.35. The Labute approximate surface area is 139 Å². The highest BCUT2D eigenvalue weighted by Crippen LogP contribution is 2.31. The summed E-state index contributed by atoms with van der Waals surface area (Å²) in [7, 11) is 0. The molecule has 0 bridgehead atoms. The van der Waals surface area contributed by atoms with Crippen molar-refractivity contribution in [3.63, 3.8) is 0 Å². The Morgan fingerprint density at radius 3 is 2.79 bits per heavy atom. The van der Waals surface area contributed by atoms with Crippen LogP contribution in [0.4, 0.5) is 4.39 Å². The third-order valence-electron chi connectivity index (χ3n) is 4.42. The van der Waals surface area contributed by atoms with Gasteiger partial charge < -0.3 is 9.88 Å². The largest absolute Gasteiger partial charge is 0.335 e. The van der Waals surface area contributed by atoms with Gasteiger partial charge >= 0.3 is 0 Å². The van der Waals surface area contributed by atoms with E-state index < -0.39 is 0 Å². The van der Waals surface area contributed by atoms with Crippen LogP contribution in [0, 0.1) is 12.7 Å². The van der Waals surface area contributed by atoms with Crippen LogP contribution in [0.2, 0.25) is 0 Å². The molecule has 0 spiro atoms. The topological polar surface area (TPSA) is 66.1 Å². The van der Waals surface area contributed by atoms with Crippen LogP contribution >= 0.6 is 0 Å². The van der Waals surface area contributed by atoms with Crippen molar-refractivity contribution in [1.29, 1.82) is 0 Å². The van der Waals surface area contributed by atoms with Crippen LogP contribution in [0.25, 0.3) is 0 Å². The van der Waals surface area contributed by atoms with Gasteiger partial charge in [0.2, 0.25) is 5.91 Å². The fourth-order valence-electron chi connectivity index (χ4n) is 3.16. The summed E-state index contributed by atoms with van der Waals surface area (Å²) >= 11 is 0. The van der Waals surface area contributed by atoms with E-state index in [1.807, 2.05) is 0 Å². The number of amides is 1. The molecule has 126 valence electrons. The number of piperidine rings is 1. The second kappa shape index (κ2) is 6.95. The number of carbonyl (C=O) groups is 1. The maximum atomic E-state index is 13.1. The van der Waals surface area contributed by atoms with Gasteiger partial charge in [0, 0.05) is 18.3 Å². The Morgan fingerprint density at radius 2 is 2.08 bits per heavy atom. The molecular formula is C18H20FN3O2. The monoisotopic (exact) mass is 329 g/mol. The zero-order valence-electron chi connectivity index (χ0n) is 13.6. The standard InChI is InChI=1S/C18H20FN3O2/c1-12-20-11-14(18(24)21-12)10-17(23)22-9-3-2-4-16(22)13-5-7-15(19)8-6-13/h5-8,11,16H,2-4,9-10H2,1H3,(H,20,21,24)/t16-/m0/s1. The van der Waals surface area contributed by atoms with Gasteiger partial charge in [0.05, 0.1) is 12.5 Å². The second-order valence-electron chi connectivity index (χ2n) is 6.15. The number of aromatic nitrogens is 2. The zero-order valence-corrected chi connectivity index (χ0v) is 13.6. The molecule has 0 radical (unpaired) electrons. The van der Waals surface area contributed by atoms with Crippen molar-refractivity contribution in [3.8, 4) is 0 Å². The number of likely N-dealkylation sites (tertiary alicyclic amines) is 1. The zero-order chi connectivity index (χ0) is 17.1. The molecule has 6 heteroatoms. The summed E-state index contributed by atoms with van der Waals surface area (Å²) in [4.78, 5) is 33.1. The maximum Gasteiger partial charge on any atom is 0.254 e. The number of nitrogens with zero attached hydrogens (tertiary/aromatic N) is 2. The number of carbonyl (C=O) groups excluding carboxylic acids is 1. The van der Waals surface area contributed by atoms with E-state index in [9.17, 15) is 14.0 Å². The number of hydrogen-bond acceptors (Lipinski definition) is 3. The normalized spacial score (nSPS) is 17.8. The number of aromatic amines is 1. The maximum absolute atomic E-state index is 13.1. The van der Waals surface area contributed by atoms with E-state index in [1.54, 1.807) is 24.0 Å². The van der Waals surface area contributed by atoms with Crippen LogP contribution in [-0.4, -0.2) is 27.3 Å². The van der Waals surface area contributed by atoms with Crippen LogP contribution in [0.3, 0.4) is 0 Å². The van der Waals surface area contributed by atoms with Gasteiger partial charge in [-0.15, -0.1) is 0 Å². The van der Waals surface area contributed by atoms with Crippen molar-refractivity contribution in [3.05, 3.63) is 63.6 Å². The molecular weight excluding hydrogens is 309 g/mol. The lowest BCUT2D eigenvalue weighted by molar-refractivity contribution is -0.134. The fourth-order valence-corrected chi connectivity index (χ4v) is 3.16. The van der Waals surface area contributed by atoms with Crippen molar-refractivity contribution in [1.82, 2.24) is 14.9 Å². The minimum absolute atomic E-state index is 0.0281. The third-order valence-corrected chi connectivity index (χ3v) is 4.42. The molecule has 2 aromatic rings. The molecule has 1 aromatic carbocycles. The summed E-state index contributed by atoms with van der Waals surface area (Å²) in [5.41, 5.74) is 1.03. The predicted octanol–water partition coefficient (Wildman–Crippen LogP) is 2.51. The Morgan fingerprint density at radius 1 is 1.33 bits per heavy atom. The van der Waals surface area contributed by atoms with Gasteiger partial charge in [0.25, 0.3) is 5.56 Å². The number of benzene rings is 1. The smallest absolute Gasteiger partial charge is 0.254 e. The molecule has 1 fully saturated rings. The fraction of sp³-hybridized carbons (Fsp3) is 0.389. The van der Waals surface area contributed by atoms with Gasteiger partial charge in [-0.05, 0) is 43.9 Å². The first kappa shape index (κ1) is 16.4. The van der Waals surface area contributed by atoms with Crippen molar-refractivity contribution < 1.29 is 9.18 Å².